The normalized spacial score (nSPS) is 11.5. The molecule has 0 fully saturated rings. The molecule has 0 aliphatic carbocycles. The topological polar surface area (TPSA) is 75.4 Å². The number of carbonyl (C=O) groups excluding carboxylic acids is 1. The number of imidazole rings is 1. The van der Waals surface area contributed by atoms with Gasteiger partial charge in [0.1, 0.15) is 12.4 Å². The number of nitrogens with zero attached hydrogens (tertiary/aromatic N) is 3. The quantitative estimate of drug-likeness (QED) is 0.429. The number of para-hydroxylation sites is 1. The van der Waals surface area contributed by atoms with Gasteiger partial charge in [-0.3, -0.25) is 14.2 Å². The van der Waals surface area contributed by atoms with Crippen LogP contribution in [0.15, 0.2) is 72.8 Å². The van der Waals surface area contributed by atoms with Gasteiger partial charge in [0, 0.05) is 17.8 Å². The van der Waals surface area contributed by atoms with Crippen molar-refractivity contribution in [3.63, 3.8) is 0 Å². The van der Waals surface area contributed by atoms with Crippen molar-refractivity contribution in [3.05, 3.63) is 95.3 Å². The van der Waals surface area contributed by atoms with Gasteiger partial charge < -0.3 is 10.0 Å². The Hall–Kier alpha value is -4.14. The summed E-state index contributed by atoms with van der Waals surface area (Å²) in [6.07, 6.45) is -4.54. The van der Waals surface area contributed by atoms with Gasteiger partial charge in [0.15, 0.2) is 0 Å². The van der Waals surface area contributed by atoms with E-state index >= 15 is 0 Å². The Morgan fingerprint density at radius 1 is 1.00 bits per heavy atom. The lowest BCUT2D eigenvalue weighted by atomic mass is 10.1. The van der Waals surface area contributed by atoms with E-state index in [1.807, 2.05) is 41.8 Å². The van der Waals surface area contributed by atoms with Crippen molar-refractivity contribution in [2.75, 3.05) is 6.54 Å². The number of aryl methyl sites for hydroxylation is 1. The number of carbonyl (C=O) groups is 2. The molecule has 3 aromatic carbocycles. The second kappa shape index (κ2) is 9.01. The zero-order chi connectivity index (χ0) is 24.5. The Labute approximate surface area is 192 Å². The zero-order valence-electron chi connectivity index (χ0n) is 18.1. The van der Waals surface area contributed by atoms with Crippen molar-refractivity contribution in [2.24, 2.45) is 0 Å². The van der Waals surface area contributed by atoms with Crippen LogP contribution < -0.4 is 0 Å². The van der Waals surface area contributed by atoms with Crippen molar-refractivity contribution < 1.29 is 27.9 Å². The molecule has 0 spiro atoms. The van der Waals surface area contributed by atoms with Crippen molar-refractivity contribution >= 4 is 22.9 Å². The highest BCUT2D eigenvalue weighted by Gasteiger charge is 2.30. The van der Waals surface area contributed by atoms with Gasteiger partial charge in [-0.2, -0.15) is 13.2 Å². The fraction of sp³-hybridized carbons (Fsp3) is 0.160. The van der Waals surface area contributed by atoms with E-state index in [9.17, 15) is 27.9 Å². The number of halogens is 3. The Bertz CT molecular complexity index is 1360. The number of carboxylic acids is 1. The molecule has 4 rings (SSSR count). The van der Waals surface area contributed by atoms with E-state index in [1.54, 1.807) is 18.2 Å². The highest BCUT2D eigenvalue weighted by atomic mass is 19.4. The lowest BCUT2D eigenvalue weighted by molar-refractivity contribution is -0.139. The van der Waals surface area contributed by atoms with Crippen LogP contribution in [0.3, 0.4) is 0 Å². The number of alkyl halides is 3. The summed E-state index contributed by atoms with van der Waals surface area (Å²) in [4.78, 5) is 30.1. The lowest BCUT2D eigenvalue weighted by Crippen LogP contribution is -2.35. The Kier molecular flexibility index (Phi) is 6.10. The highest BCUT2D eigenvalue weighted by molar-refractivity contribution is 5.98. The van der Waals surface area contributed by atoms with E-state index in [0.717, 1.165) is 28.2 Å². The van der Waals surface area contributed by atoms with Crippen LogP contribution in [0.25, 0.3) is 16.7 Å². The van der Waals surface area contributed by atoms with Crippen LogP contribution in [0, 0.1) is 6.92 Å². The van der Waals surface area contributed by atoms with Crippen LogP contribution in [-0.4, -0.2) is 38.0 Å². The van der Waals surface area contributed by atoms with Gasteiger partial charge in [-0.1, -0.05) is 30.3 Å². The van der Waals surface area contributed by atoms with Crippen molar-refractivity contribution in [3.8, 4) is 5.69 Å². The van der Waals surface area contributed by atoms with Crippen LogP contribution >= 0.6 is 0 Å². The molecule has 4 aromatic rings. The first-order valence-electron chi connectivity index (χ1n) is 10.4. The second-order valence-corrected chi connectivity index (χ2v) is 7.79. The minimum absolute atomic E-state index is 0.176. The molecule has 0 atom stereocenters. The van der Waals surface area contributed by atoms with Gasteiger partial charge in [0.2, 0.25) is 0 Å². The molecule has 0 saturated heterocycles. The molecule has 0 aliphatic rings. The summed E-state index contributed by atoms with van der Waals surface area (Å²) in [5.41, 5.74) is 1.72. The van der Waals surface area contributed by atoms with Gasteiger partial charge in [-0.25, -0.2) is 4.98 Å². The molecule has 0 unspecified atom stereocenters. The van der Waals surface area contributed by atoms with E-state index in [-0.39, 0.29) is 17.7 Å². The lowest BCUT2D eigenvalue weighted by Gasteiger charge is -2.21. The van der Waals surface area contributed by atoms with Crippen molar-refractivity contribution in [1.29, 1.82) is 0 Å². The van der Waals surface area contributed by atoms with E-state index in [0.29, 0.717) is 11.3 Å². The highest BCUT2D eigenvalue weighted by Crippen LogP contribution is 2.30. The number of carboxylic acid groups (broad SMARTS) is 1. The largest absolute Gasteiger partial charge is 0.480 e. The molecule has 9 heteroatoms. The number of aliphatic carboxylic acids is 1. The average molecular weight is 467 g/mol. The molecule has 1 N–H and O–H groups in total. The maximum Gasteiger partial charge on any atom is 0.416 e. The van der Waals surface area contributed by atoms with Crippen LogP contribution in [0.5, 0.6) is 0 Å². The SMILES string of the molecule is Cc1nc2cc(C(=O)N(CC(=O)O)Cc3cccc(C(F)(F)F)c3)ccc2n1-c1ccccc1. The first kappa shape index (κ1) is 23.0. The summed E-state index contributed by atoms with van der Waals surface area (Å²) in [5, 5.41) is 9.29. The second-order valence-electron chi connectivity index (χ2n) is 7.79. The molecule has 174 valence electrons. The monoisotopic (exact) mass is 467 g/mol. The summed E-state index contributed by atoms with van der Waals surface area (Å²) in [6, 6.07) is 18.9. The van der Waals surface area contributed by atoms with E-state index in [2.05, 4.69) is 4.98 Å². The van der Waals surface area contributed by atoms with Crippen molar-refractivity contribution in [2.45, 2.75) is 19.6 Å². The van der Waals surface area contributed by atoms with Gasteiger partial charge in [0.25, 0.3) is 5.91 Å². The standard InChI is InChI=1S/C25H20F3N3O3/c1-16-29-21-13-18(10-11-22(21)31(16)20-8-3-2-4-9-20)24(34)30(15-23(32)33)14-17-6-5-7-19(12-17)25(26,27)28/h2-13H,14-15H2,1H3,(H,32,33). The molecular weight excluding hydrogens is 447 g/mol. The number of amides is 1. The van der Waals surface area contributed by atoms with Gasteiger partial charge >= 0.3 is 12.1 Å². The number of hydrogen-bond donors (Lipinski definition) is 1. The molecule has 0 aliphatic heterocycles. The molecule has 0 radical (unpaired) electrons. The summed E-state index contributed by atoms with van der Waals surface area (Å²) in [6.45, 7) is 0.883. The molecule has 1 amide bonds. The Morgan fingerprint density at radius 3 is 2.41 bits per heavy atom. The van der Waals surface area contributed by atoms with Crippen molar-refractivity contribution in [1.82, 2.24) is 14.5 Å². The molecule has 0 saturated carbocycles. The number of fused-ring (bicyclic) bond motifs is 1. The predicted molar refractivity (Wildman–Crippen MR) is 120 cm³/mol. The minimum atomic E-state index is -4.54. The molecule has 6 nitrogen and oxygen atoms in total. The fourth-order valence-corrected chi connectivity index (χ4v) is 3.85. The van der Waals surface area contributed by atoms with E-state index < -0.39 is 30.2 Å². The molecule has 1 aromatic heterocycles. The van der Waals surface area contributed by atoms with Gasteiger partial charge in [-0.15, -0.1) is 0 Å². The minimum Gasteiger partial charge on any atom is -0.480 e. The third kappa shape index (κ3) is 4.78. The zero-order valence-corrected chi connectivity index (χ0v) is 18.1. The summed E-state index contributed by atoms with van der Waals surface area (Å²) in [5.74, 6) is -1.18. The van der Waals surface area contributed by atoms with Crippen LogP contribution in [-0.2, 0) is 17.5 Å². The smallest absolute Gasteiger partial charge is 0.416 e. The van der Waals surface area contributed by atoms with Gasteiger partial charge in [-0.05, 0) is 55.0 Å². The Balaban J connectivity index is 1.67. The predicted octanol–water partition coefficient (Wildman–Crippen LogP) is 5.08. The number of aromatic nitrogens is 2. The Morgan fingerprint density at radius 2 is 1.74 bits per heavy atom. The molecular formula is C25H20F3N3O3. The van der Waals surface area contributed by atoms with Crippen LogP contribution in [0.2, 0.25) is 0 Å². The van der Waals surface area contributed by atoms with Gasteiger partial charge in [0.05, 0.1) is 16.6 Å². The maximum absolute atomic E-state index is 13.2. The fourth-order valence-electron chi connectivity index (χ4n) is 3.85. The third-order valence-corrected chi connectivity index (χ3v) is 5.32. The van der Waals surface area contributed by atoms with Crippen LogP contribution in [0.4, 0.5) is 13.2 Å². The first-order chi connectivity index (χ1) is 16.1. The van der Waals surface area contributed by atoms with Crippen LogP contribution in [0.1, 0.15) is 27.3 Å². The average Bonchev–Trinajstić information content (AvgIpc) is 3.13. The first-order valence-corrected chi connectivity index (χ1v) is 10.4. The molecule has 1 heterocycles. The third-order valence-electron chi connectivity index (χ3n) is 5.32. The molecule has 34 heavy (non-hydrogen) atoms. The van der Waals surface area contributed by atoms with E-state index in [4.69, 9.17) is 0 Å². The number of hydrogen-bond acceptors (Lipinski definition) is 3. The summed E-state index contributed by atoms with van der Waals surface area (Å²) < 4.78 is 41.1. The number of rotatable bonds is 6. The molecule has 0 bridgehead atoms. The maximum atomic E-state index is 13.2. The summed E-state index contributed by atoms with van der Waals surface area (Å²) >= 11 is 0. The number of benzene rings is 3. The summed E-state index contributed by atoms with van der Waals surface area (Å²) in [7, 11) is 0. The van der Waals surface area contributed by atoms with E-state index in [1.165, 1.54) is 12.1 Å².